The molecule has 0 saturated heterocycles. The number of nitrogens with zero attached hydrogens (tertiary/aromatic N) is 1. The molecule has 0 aliphatic carbocycles. The summed E-state index contributed by atoms with van der Waals surface area (Å²) in [7, 11) is 1.50. The van der Waals surface area contributed by atoms with Crippen molar-refractivity contribution in [1.82, 2.24) is 0 Å². The van der Waals surface area contributed by atoms with Crippen molar-refractivity contribution in [2.45, 2.75) is 27.2 Å². The molecule has 0 heterocycles. The van der Waals surface area contributed by atoms with E-state index >= 15 is 0 Å². The minimum Gasteiger partial charge on any atom is -0.493 e. The molecule has 0 radical (unpaired) electrons. The molecular formula is C15H20ClNO4. The summed E-state index contributed by atoms with van der Waals surface area (Å²) in [6, 6.07) is 3.32. The quantitative estimate of drug-likeness (QED) is 0.552. The summed E-state index contributed by atoms with van der Waals surface area (Å²) < 4.78 is 10.7. The summed E-state index contributed by atoms with van der Waals surface area (Å²) >= 11 is 6.16. The molecular weight excluding hydrogens is 294 g/mol. The van der Waals surface area contributed by atoms with Crippen LogP contribution in [-0.2, 0) is 0 Å². The average molecular weight is 314 g/mol. The molecule has 0 fully saturated rings. The predicted molar refractivity (Wildman–Crippen MR) is 83.6 cm³/mol. The van der Waals surface area contributed by atoms with Crippen molar-refractivity contribution < 1.29 is 14.4 Å². The van der Waals surface area contributed by atoms with E-state index in [1.165, 1.54) is 13.2 Å². The lowest BCUT2D eigenvalue weighted by molar-refractivity contribution is -0.427. The Bertz CT molecular complexity index is 541. The van der Waals surface area contributed by atoms with Gasteiger partial charge in [0.1, 0.15) is 0 Å². The van der Waals surface area contributed by atoms with Crippen LogP contribution in [0.15, 0.2) is 17.8 Å². The maximum absolute atomic E-state index is 11.1. The Hall–Kier alpha value is -1.75. The third kappa shape index (κ3) is 4.93. The predicted octanol–water partition coefficient (Wildman–Crippen LogP) is 4.41. The molecule has 21 heavy (non-hydrogen) atoms. The molecule has 0 aliphatic rings. The molecule has 0 atom stereocenters. The van der Waals surface area contributed by atoms with Gasteiger partial charge in [0.15, 0.2) is 11.5 Å². The van der Waals surface area contributed by atoms with E-state index in [1.54, 1.807) is 12.1 Å². The smallest absolute Gasteiger partial charge is 0.247 e. The zero-order valence-corrected chi connectivity index (χ0v) is 13.4. The number of halogens is 1. The Balaban J connectivity index is 3.24. The van der Waals surface area contributed by atoms with E-state index in [9.17, 15) is 10.1 Å². The van der Waals surface area contributed by atoms with Crippen molar-refractivity contribution in [3.63, 3.8) is 0 Å². The van der Waals surface area contributed by atoms with E-state index in [4.69, 9.17) is 21.1 Å². The van der Waals surface area contributed by atoms with Crippen molar-refractivity contribution >= 4 is 17.7 Å². The Morgan fingerprint density at radius 1 is 1.48 bits per heavy atom. The second-order valence-electron chi connectivity index (χ2n) is 4.96. The van der Waals surface area contributed by atoms with Crippen molar-refractivity contribution in [1.29, 1.82) is 0 Å². The second kappa shape index (κ2) is 7.88. The van der Waals surface area contributed by atoms with E-state index in [-0.39, 0.29) is 16.5 Å². The number of nitro groups is 1. The van der Waals surface area contributed by atoms with E-state index in [2.05, 4.69) is 0 Å². The molecule has 0 unspecified atom stereocenters. The van der Waals surface area contributed by atoms with Crippen LogP contribution in [0, 0.1) is 16.0 Å². The van der Waals surface area contributed by atoms with E-state index in [0.717, 1.165) is 0 Å². The van der Waals surface area contributed by atoms with Crippen LogP contribution in [0.25, 0.3) is 6.08 Å². The molecule has 0 spiro atoms. The molecule has 0 aromatic heterocycles. The Labute approximate surface area is 129 Å². The van der Waals surface area contributed by atoms with Crippen molar-refractivity contribution in [3.05, 3.63) is 38.5 Å². The molecule has 0 N–H and O–H groups in total. The van der Waals surface area contributed by atoms with Crippen LogP contribution in [0.4, 0.5) is 0 Å². The fourth-order valence-electron chi connectivity index (χ4n) is 1.90. The number of ether oxygens (including phenoxy) is 2. The zero-order valence-electron chi connectivity index (χ0n) is 12.7. The Kier molecular flexibility index (Phi) is 6.49. The number of methoxy groups -OCH3 is 1. The van der Waals surface area contributed by atoms with Gasteiger partial charge in [-0.05, 0) is 30.5 Å². The summed E-state index contributed by atoms with van der Waals surface area (Å²) in [5, 5.41) is 11.5. The lowest BCUT2D eigenvalue weighted by Crippen LogP contribution is -2.02. The number of hydrogen-bond donors (Lipinski definition) is 0. The Morgan fingerprint density at radius 2 is 2.14 bits per heavy atom. The van der Waals surface area contributed by atoms with Gasteiger partial charge in [0.25, 0.3) is 0 Å². The first-order valence-corrected chi connectivity index (χ1v) is 7.12. The van der Waals surface area contributed by atoms with E-state index in [1.807, 2.05) is 20.8 Å². The molecule has 1 aromatic rings. The fourth-order valence-corrected chi connectivity index (χ4v) is 2.18. The minimum atomic E-state index is -0.364. The highest BCUT2D eigenvalue weighted by atomic mass is 35.5. The van der Waals surface area contributed by atoms with Gasteiger partial charge >= 0.3 is 0 Å². The number of allylic oxidation sites excluding steroid dienone is 1. The molecule has 116 valence electrons. The molecule has 5 nitrogen and oxygen atoms in total. The van der Waals surface area contributed by atoms with Crippen LogP contribution < -0.4 is 9.47 Å². The molecule has 0 amide bonds. The van der Waals surface area contributed by atoms with Crippen LogP contribution >= 0.6 is 11.6 Å². The van der Waals surface area contributed by atoms with Gasteiger partial charge in [0.05, 0.1) is 23.7 Å². The zero-order chi connectivity index (χ0) is 16.0. The standard InChI is InChI=1S/C15H20ClNO4/c1-5-21-15-13(16)8-11(9-14(15)20-4)7-12(17(18)19)6-10(2)3/h7-10H,5-6H2,1-4H3. The van der Waals surface area contributed by atoms with Gasteiger partial charge in [0.2, 0.25) is 5.70 Å². The van der Waals surface area contributed by atoms with E-state index in [0.29, 0.717) is 35.1 Å². The number of benzene rings is 1. The number of rotatable bonds is 7. The summed E-state index contributed by atoms with van der Waals surface area (Å²) in [4.78, 5) is 10.7. The number of hydrogen-bond acceptors (Lipinski definition) is 4. The van der Waals surface area contributed by atoms with Gasteiger partial charge < -0.3 is 9.47 Å². The van der Waals surface area contributed by atoms with Crippen LogP contribution in [0.5, 0.6) is 11.5 Å². The molecule has 0 saturated carbocycles. The monoisotopic (exact) mass is 313 g/mol. The van der Waals surface area contributed by atoms with Gasteiger partial charge in [0, 0.05) is 12.5 Å². The molecule has 1 aromatic carbocycles. The van der Waals surface area contributed by atoms with Crippen molar-refractivity contribution in [2.24, 2.45) is 5.92 Å². The summed E-state index contributed by atoms with van der Waals surface area (Å²) in [6.45, 7) is 6.17. The summed E-state index contributed by atoms with van der Waals surface area (Å²) in [5.41, 5.74) is 0.764. The topological polar surface area (TPSA) is 61.6 Å². The highest BCUT2D eigenvalue weighted by Crippen LogP contribution is 2.37. The highest BCUT2D eigenvalue weighted by Gasteiger charge is 2.16. The first-order chi connectivity index (χ1) is 9.88. The SMILES string of the molecule is CCOc1c(Cl)cc(C=C(CC(C)C)[N+](=O)[O-])cc1OC. The maximum Gasteiger partial charge on any atom is 0.247 e. The van der Waals surface area contributed by atoms with Crippen LogP contribution in [0.2, 0.25) is 5.02 Å². The average Bonchev–Trinajstić information content (AvgIpc) is 2.40. The first kappa shape index (κ1) is 17.3. The van der Waals surface area contributed by atoms with Crippen molar-refractivity contribution in [2.75, 3.05) is 13.7 Å². The molecule has 6 heteroatoms. The highest BCUT2D eigenvalue weighted by molar-refractivity contribution is 6.32. The van der Waals surface area contributed by atoms with Gasteiger partial charge in [-0.2, -0.15) is 0 Å². The normalized spacial score (nSPS) is 11.6. The van der Waals surface area contributed by atoms with Crippen molar-refractivity contribution in [3.8, 4) is 11.5 Å². The minimum absolute atomic E-state index is 0.146. The van der Waals surface area contributed by atoms with Crippen LogP contribution in [0.3, 0.4) is 0 Å². The fraction of sp³-hybridized carbons (Fsp3) is 0.467. The van der Waals surface area contributed by atoms with E-state index < -0.39 is 0 Å². The lowest BCUT2D eigenvalue weighted by atomic mass is 10.1. The lowest BCUT2D eigenvalue weighted by Gasteiger charge is -2.12. The third-order valence-electron chi connectivity index (χ3n) is 2.73. The first-order valence-electron chi connectivity index (χ1n) is 6.74. The summed E-state index contributed by atoms with van der Waals surface area (Å²) in [5.74, 6) is 1.11. The maximum atomic E-state index is 11.1. The van der Waals surface area contributed by atoms with Crippen LogP contribution in [0.1, 0.15) is 32.8 Å². The van der Waals surface area contributed by atoms with Crippen LogP contribution in [-0.4, -0.2) is 18.6 Å². The van der Waals surface area contributed by atoms with Gasteiger partial charge in [-0.15, -0.1) is 0 Å². The Morgan fingerprint density at radius 3 is 2.62 bits per heavy atom. The molecule has 1 rings (SSSR count). The largest absolute Gasteiger partial charge is 0.493 e. The van der Waals surface area contributed by atoms with Gasteiger partial charge in [-0.25, -0.2) is 0 Å². The summed E-state index contributed by atoms with van der Waals surface area (Å²) in [6.07, 6.45) is 1.91. The third-order valence-corrected chi connectivity index (χ3v) is 3.01. The second-order valence-corrected chi connectivity index (χ2v) is 5.37. The molecule has 0 bridgehead atoms. The molecule has 0 aliphatic heterocycles. The van der Waals surface area contributed by atoms with Gasteiger partial charge in [-0.1, -0.05) is 25.4 Å². The van der Waals surface area contributed by atoms with Gasteiger partial charge in [-0.3, -0.25) is 10.1 Å².